The van der Waals surface area contributed by atoms with Crippen molar-refractivity contribution < 1.29 is 4.84 Å². The molecule has 1 aromatic rings. The molecule has 1 aromatic heterocycles. The number of rotatable bonds is 3. The Morgan fingerprint density at radius 2 is 2.73 bits per heavy atom. The third-order valence-corrected chi connectivity index (χ3v) is 1.35. The second-order valence-electron chi connectivity index (χ2n) is 1.90. The molecule has 0 bridgehead atoms. The van der Waals surface area contributed by atoms with Crippen molar-refractivity contribution in [3.05, 3.63) is 18.0 Å². The maximum Gasteiger partial charge on any atom is 0.176 e. The Bertz CT molecular complexity index is 265. The van der Waals surface area contributed by atoms with E-state index in [1.54, 1.807) is 12.4 Å². The van der Waals surface area contributed by atoms with Gasteiger partial charge in [0.2, 0.25) is 0 Å². The molecule has 0 saturated heterocycles. The van der Waals surface area contributed by atoms with Crippen LogP contribution in [0.5, 0.6) is 0 Å². The van der Waals surface area contributed by atoms with Crippen LogP contribution in [0.25, 0.3) is 0 Å². The van der Waals surface area contributed by atoms with E-state index in [-0.39, 0.29) is 0 Å². The second kappa shape index (κ2) is 3.88. The first-order valence-corrected chi connectivity index (χ1v) is 3.97. The molecule has 0 aromatic carbocycles. The van der Waals surface area contributed by atoms with Crippen molar-refractivity contribution in [3.63, 3.8) is 0 Å². The van der Waals surface area contributed by atoms with Gasteiger partial charge in [0.05, 0.1) is 12.4 Å². The fraction of sp³-hybridized carbons (Fsp3) is 0.333. The van der Waals surface area contributed by atoms with Crippen LogP contribution >= 0.6 is 11.8 Å². The van der Waals surface area contributed by atoms with E-state index in [0.29, 0.717) is 5.94 Å². The summed E-state index contributed by atoms with van der Waals surface area (Å²) in [5.41, 5.74) is 1.03. The number of hydrogen-bond acceptors (Lipinski definition) is 4. The molecule has 0 saturated carbocycles. The monoisotopic (exact) mass is 169 g/mol. The van der Waals surface area contributed by atoms with E-state index in [4.69, 9.17) is 10.1 Å². The zero-order chi connectivity index (χ0) is 8.10. The third-order valence-electron chi connectivity index (χ3n) is 0.998. The van der Waals surface area contributed by atoms with Gasteiger partial charge in [-0.1, -0.05) is 0 Å². The standard InChI is InChI=1S/C6H7N3OS/c1-6-2-8-9(3-6)10-5-11-4-7/h2-3H,5H2,1H3. The molecule has 1 rings (SSSR count). The van der Waals surface area contributed by atoms with Crippen LogP contribution in [0.4, 0.5) is 0 Å². The average Bonchev–Trinajstić information content (AvgIpc) is 2.37. The van der Waals surface area contributed by atoms with Gasteiger partial charge in [-0.25, -0.2) is 0 Å². The number of nitrogens with zero attached hydrogens (tertiary/aromatic N) is 3. The zero-order valence-corrected chi connectivity index (χ0v) is 6.84. The first-order chi connectivity index (χ1) is 5.33. The fourth-order valence-corrected chi connectivity index (χ4v) is 0.780. The van der Waals surface area contributed by atoms with Crippen molar-refractivity contribution in [2.24, 2.45) is 0 Å². The van der Waals surface area contributed by atoms with E-state index in [2.05, 4.69) is 5.10 Å². The van der Waals surface area contributed by atoms with Gasteiger partial charge in [-0.3, -0.25) is 0 Å². The molecule has 11 heavy (non-hydrogen) atoms. The molecule has 0 aliphatic carbocycles. The summed E-state index contributed by atoms with van der Waals surface area (Å²) >= 11 is 1.03. The van der Waals surface area contributed by atoms with Gasteiger partial charge in [-0.05, 0) is 24.2 Å². The topological polar surface area (TPSA) is 50.8 Å². The normalized spacial score (nSPS) is 9.09. The van der Waals surface area contributed by atoms with Crippen molar-refractivity contribution in [1.29, 1.82) is 5.26 Å². The van der Waals surface area contributed by atoms with E-state index in [0.717, 1.165) is 17.3 Å². The van der Waals surface area contributed by atoms with Crippen LogP contribution in [0.15, 0.2) is 12.4 Å². The first kappa shape index (κ1) is 7.95. The van der Waals surface area contributed by atoms with Crippen LogP contribution in [0.3, 0.4) is 0 Å². The highest BCUT2D eigenvalue weighted by molar-refractivity contribution is 8.03. The fourth-order valence-electron chi connectivity index (χ4n) is 0.566. The number of aryl methyl sites for hydroxylation is 1. The molecule has 5 heteroatoms. The van der Waals surface area contributed by atoms with Gasteiger partial charge in [-0.2, -0.15) is 5.26 Å². The van der Waals surface area contributed by atoms with Crippen molar-refractivity contribution >= 4 is 11.8 Å². The summed E-state index contributed by atoms with van der Waals surface area (Å²) in [5, 5.41) is 13.9. The van der Waals surface area contributed by atoms with E-state index in [9.17, 15) is 0 Å². The molecule has 0 N–H and O–H groups in total. The Balaban J connectivity index is 2.34. The predicted molar refractivity (Wildman–Crippen MR) is 41.6 cm³/mol. The Kier molecular flexibility index (Phi) is 2.81. The average molecular weight is 169 g/mol. The lowest BCUT2D eigenvalue weighted by molar-refractivity contribution is 0.121. The molecular weight excluding hydrogens is 162 g/mol. The van der Waals surface area contributed by atoms with Gasteiger partial charge in [-0.15, -0.1) is 9.94 Å². The van der Waals surface area contributed by atoms with Gasteiger partial charge in [0.1, 0.15) is 5.40 Å². The first-order valence-electron chi connectivity index (χ1n) is 2.98. The van der Waals surface area contributed by atoms with E-state index in [1.165, 1.54) is 4.85 Å². The lowest BCUT2D eigenvalue weighted by atomic mass is 10.4. The molecule has 58 valence electrons. The van der Waals surface area contributed by atoms with Crippen LogP contribution < -0.4 is 4.84 Å². The molecule has 0 amide bonds. The van der Waals surface area contributed by atoms with Crippen LogP contribution in [0, 0.1) is 17.6 Å². The van der Waals surface area contributed by atoms with Gasteiger partial charge in [0.15, 0.2) is 5.94 Å². The molecule has 0 aliphatic rings. The highest BCUT2D eigenvalue weighted by Crippen LogP contribution is 1.95. The molecule has 0 fully saturated rings. The maximum absolute atomic E-state index is 8.15. The highest BCUT2D eigenvalue weighted by Gasteiger charge is 1.92. The van der Waals surface area contributed by atoms with Crippen LogP contribution in [0.1, 0.15) is 5.56 Å². The number of thioether (sulfide) groups is 1. The number of hydrogen-bond donors (Lipinski definition) is 0. The largest absolute Gasteiger partial charge is 0.385 e. The minimum atomic E-state index is 0.303. The minimum absolute atomic E-state index is 0.303. The quantitative estimate of drug-likeness (QED) is 0.381. The molecule has 4 nitrogen and oxygen atoms in total. The van der Waals surface area contributed by atoms with Crippen molar-refractivity contribution in [2.75, 3.05) is 5.94 Å². The molecule has 1 heterocycles. The molecule has 0 radical (unpaired) electrons. The van der Waals surface area contributed by atoms with E-state index in [1.807, 2.05) is 12.3 Å². The summed E-state index contributed by atoms with van der Waals surface area (Å²) in [7, 11) is 0. The Morgan fingerprint density at radius 1 is 1.91 bits per heavy atom. The van der Waals surface area contributed by atoms with Crippen molar-refractivity contribution in [3.8, 4) is 5.40 Å². The van der Waals surface area contributed by atoms with Crippen molar-refractivity contribution in [2.45, 2.75) is 6.92 Å². The Hall–Kier alpha value is -1.15. The smallest absolute Gasteiger partial charge is 0.176 e. The lowest BCUT2D eigenvalue weighted by Crippen LogP contribution is -2.10. The third kappa shape index (κ3) is 2.51. The summed E-state index contributed by atoms with van der Waals surface area (Å²) in [5.74, 6) is 0.303. The number of aromatic nitrogens is 2. The highest BCUT2D eigenvalue weighted by atomic mass is 32.2. The molecule has 0 spiro atoms. The Morgan fingerprint density at radius 3 is 3.27 bits per heavy atom. The Labute approximate surface area is 68.7 Å². The lowest BCUT2D eigenvalue weighted by Gasteiger charge is -1.98. The van der Waals surface area contributed by atoms with Gasteiger partial charge >= 0.3 is 0 Å². The van der Waals surface area contributed by atoms with E-state index >= 15 is 0 Å². The number of thiocyanates is 1. The second-order valence-corrected chi connectivity index (χ2v) is 2.61. The number of nitriles is 1. The molecular formula is C6H7N3OS. The van der Waals surface area contributed by atoms with Gasteiger partial charge in [0, 0.05) is 0 Å². The molecule has 0 aliphatic heterocycles. The summed E-state index contributed by atoms with van der Waals surface area (Å²) in [6.07, 6.45) is 3.44. The minimum Gasteiger partial charge on any atom is -0.385 e. The van der Waals surface area contributed by atoms with Gasteiger partial charge in [0.25, 0.3) is 0 Å². The zero-order valence-electron chi connectivity index (χ0n) is 6.02. The SMILES string of the molecule is Cc1cnn(OCSC#N)c1. The van der Waals surface area contributed by atoms with Crippen LogP contribution in [-0.4, -0.2) is 15.9 Å². The molecule has 0 atom stereocenters. The predicted octanol–water partition coefficient (Wildman–Crippen LogP) is 0.792. The van der Waals surface area contributed by atoms with Gasteiger partial charge < -0.3 is 4.84 Å². The van der Waals surface area contributed by atoms with Crippen LogP contribution in [0.2, 0.25) is 0 Å². The van der Waals surface area contributed by atoms with Crippen molar-refractivity contribution in [1.82, 2.24) is 9.94 Å². The van der Waals surface area contributed by atoms with E-state index < -0.39 is 0 Å². The summed E-state index contributed by atoms with van der Waals surface area (Å²) in [6.45, 7) is 1.92. The summed E-state index contributed by atoms with van der Waals surface area (Å²) < 4.78 is 0. The summed E-state index contributed by atoms with van der Waals surface area (Å²) in [6, 6.07) is 0. The molecule has 0 unspecified atom stereocenters. The maximum atomic E-state index is 8.15. The van der Waals surface area contributed by atoms with Crippen LogP contribution in [-0.2, 0) is 0 Å². The summed E-state index contributed by atoms with van der Waals surface area (Å²) in [4.78, 5) is 6.36.